The van der Waals surface area contributed by atoms with Crippen molar-refractivity contribution in [2.75, 3.05) is 14.7 Å². The van der Waals surface area contributed by atoms with Gasteiger partial charge in [-0.3, -0.25) is 0 Å². The number of rotatable bonds is 15. The van der Waals surface area contributed by atoms with Crippen molar-refractivity contribution in [2.45, 2.75) is 0 Å². The topological polar surface area (TPSA) is 24.5 Å². The van der Waals surface area contributed by atoms with E-state index in [0.29, 0.717) is 0 Å². The minimum atomic E-state index is 1.10. The zero-order valence-electron chi connectivity index (χ0n) is 75.6. The Hall–Kier alpha value is -18.4. The van der Waals surface area contributed by atoms with Crippen molar-refractivity contribution in [3.63, 3.8) is 0 Å². The van der Waals surface area contributed by atoms with Gasteiger partial charge in [-0.15, -0.1) is 0 Å². The smallest absolute Gasteiger partial charge is 0.0547 e. The highest BCUT2D eigenvalue weighted by atomic mass is 15.2. The molecule has 648 valence electrons. The van der Waals surface area contributed by atoms with Gasteiger partial charge in [0.2, 0.25) is 0 Å². The van der Waals surface area contributed by atoms with Crippen LogP contribution >= 0.6 is 0 Å². The molecule has 0 unspecified atom stereocenters. The van der Waals surface area contributed by atoms with Gasteiger partial charge in [0.05, 0.1) is 33.1 Å². The lowest BCUT2D eigenvalue weighted by Crippen LogP contribution is -2.10. The largest absolute Gasteiger partial charge is 0.310 e. The van der Waals surface area contributed by atoms with Crippen LogP contribution in [0.1, 0.15) is 0 Å². The average molecular weight is 1760 g/mol. The molecule has 3 aromatic heterocycles. The first kappa shape index (κ1) is 81.6. The SMILES string of the molecule is c1ccc(N(c2ccc(-c3ccc4ccccc4c3)cc2)c2cccc(-n3c4ccccc4c4c5ccccc5ccc43)c2)cc1.c1ccc(N(c2ccc(-n3c4ccccc4c4c5ccccc5ccc43)cc2)c2cccc(-c3ccc4ccccc4c3)c2)cc1.c1ccc(N(c2cccc(-c3ccc4ccccc4c3)c2)c2cccc(-n3c4ccccc4c4c5ccccc5ccc43)c2)cc1. The summed E-state index contributed by atoms with van der Waals surface area (Å²) in [6, 6.07) is 197. The highest BCUT2D eigenvalue weighted by Crippen LogP contribution is 2.47. The summed E-state index contributed by atoms with van der Waals surface area (Å²) in [4.78, 5) is 7.04. The molecular weight excluding hydrogens is 1670 g/mol. The second-order valence-electron chi connectivity index (χ2n) is 35.5. The van der Waals surface area contributed by atoms with Crippen LogP contribution in [-0.4, -0.2) is 13.7 Å². The molecule has 3 heterocycles. The second-order valence-corrected chi connectivity index (χ2v) is 35.5. The third-order valence-electron chi connectivity index (χ3n) is 27.4. The lowest BCUT2D eigenvalue weighted by molar-refractivity contribution is 1.17. The van der Waals surface area contributed by atoms with Crippen molar-refractivity contribution in [2.24, 2.45) is 0 Å². The highest BCUT2D eigenvalue weighted by molar-refractivity contribution is 6.24. The van der Waals surface area contributed by atoms with Crippen LogP contribution in [0.15, 0.2) is 546 Å². The van der Waals surface area contributed by atoms with Crippen molar-refractivity contribution in [3.05, 3.63) is 546 Å². The summed E-state index contributed by atoms with van der Waals surface area (Å²) < 4.78 is 7.22. The lowest BCUT2D eigenvalue weighted by Gasteiger charge is -2.26. The molecule has 138 heavy (non-hydrogen) atoms. The molecule has 0 N–H and O–H groups in total. The molecule has 24 aromatic carbocycles. The van der Waals surface area contributed by atoms with E-state index in [0.717, 1.165) is 68.2 Å². The first-order valence-electron chi connectivity index (χ1n) is 47.3. The fourth-order valence-corrected chi connectivity index (χ4v) is 21.0. The Kier molecular flexibility index (Phi) is 20.9. The van der Waals surface area contributed by atoms with E-state index in [1.54, 1.807) is 0 Å². The minimum Gasteiger partial charge on any atom is -0.310 e. The van der Waals surface area contributed by atoms with Crippen LogP contribution in [0.3, 0.4) is 0 Å². The van der Waals surface area contributed by atoms with Crippen LogP contribution in [0.4, 0.5) is 51.2 Å². The number of fused-ring (bicyclic) bond motifs is 18. The lowest BCUT2D eigenvalue weighted by atomic mass is 10.0. The van der Waals surface area contributed by atoms with E-state index in [1.165, 1.54) is 163 Å². The molecule has 0 saturated carbocycles. The monoisotopic (exact) mass is 1760 g/mol. The van der Waals surface area contributed by atoms with E-state index in [1.807, 2.05) is 0 Å². The molecule has 0 atom stereocenters. The van der Waals surface area contributed by atoms with Crippen molar-refractivity contribution >= 4 is 181 Å². The van der Waals surface area contributed by atoms with Gasteiger partial charge in [0, 0.05) is 101 Å². The number of hydrogen-bond acceptors (Lipinski definition) is 3. The summed E-state index contributed by atoms with van der Waals surface area (Å²) in [5.41, 5.74) is 27.9. The summed E-state index contributed by atoms with van der Waals surface area (Å²) >= 11 is 0. The van der Waals surface area contributed by atoms with E-state index >= 15 is 0 Å². The van der Waals surface area contributed by atoms with Crippen LogP contribution in [0.25, 0.3) is 180 Å². The normalized spacial score (nSPS) is 11.5. The highest BCUT2D eigenvalue weighted by Gasteiger charge is 2.24. The van der Waals surface area contributed by atoms with Crippen LogP contribution in [0.5, 0.6) is 0 Å². The first-order chi connectivity index (χ1) is 68.4. The number of para-hydroxylation sites is 6. The van der Waals surface area contributed by atoms with Crippen LogP contribution < -0.4 is 14.7 Å². The summed E-state index contributed by atoms with van der Waals surface area (Å²) in [6.07, 6.45) is 0. The molecule has 0 aliphatic rings. The average Bonchev–Trinajstić information content (AvgIpc) is 1.58. The molecule has 27 rings (SSSR count). The second kappa shape index (κ2) is 35.3. The van der Waals surface area contributed by atoms with Crippen LogP contribution in [-0.2, 0) is 0 Å². The Labute approximate surface area is 800 Å². The maximum absolute atomic E-state index is 2.41. The van der Waals surface area contributed by atoms with Gasteiger partial charge < -0.3 is 28.4 Å². The predicted molar refractivity (Wildman–Crippen MR) is 588 cm³/mol. The Morgan fingerprint density at radius 3 is 0.717 bits per heavy atom. The Morgan fingerprint density at radius 2 is 0.355 bits per heavy atom. The molecule has 0 radical (unpaired) electrons. The Balaban J connectivity index is 0.000000110. The summed E-state index contributed by atoms with van der Waals surface area (Å²) in [5, 5.41) is 22.8. The maximum Gasteiger partial charge on any atom is 0.0547 e. The van der Waals surface area contributed by atoms with Crippen LogP contribution in [0, 0.1) is 0 Å². The van der Waals surface area contributed by atoms with E-state index in [-0.39, 0.29) is 0 Å². The molecule has 6 nitrogen and oxygen atoms in total. The zero-order chi connectivity index (χ0) is 91.4. The molecule has 0 bridgehead atoms. The van der Waals surface area contributed by atoms with Gasteiger partial charge in [0.1, 0.15) is 0 Å². The molecule has 0 spiro atoms. The van der Waals surface area contributed by atoms with Gasteiger partial charge in [-0.05, 0) is 286 Å². The summed E-state index contributed by atoms with van der Waals surface area (Å²) in [5.74, 6) is 0. The standard InChI is InChI=1S/3C44H30N2/c1-2-16-36(17-3-1)45(37-18-10-15-34(29-37)35-25-24-31-12-4-5-14-33(31)28-35)38-19-11-20-39(30-38)46-42-23-9-8-22-41(42)44-40-21-7-6-13-32(40)26-27-43(44)46;1-2-15-36(16-3-1)45(39-17-10-14-34(30-39)35-22-21-31-11-4-5-13-33(31)29-35)37-24-26-38(27-25-37)46-42-20-9-8-19-41(42)44-40-18-7-6-12-32(40)23-28-43(44)46;1-2-14-36(15-3-1)45(37-26-23-32(24-27-37)35-22-21-31-11-4-5-13-34(31)29-35)38-16-10-17-39(30-38)46-42-20-9-8-19-41(42)44-40-18-7-6-12-33(40)25-28-43(44)46/h3*1-30H. The number of nitrogens with zero attached hydrogens (tertiary/aromatic N) is 6. The van der Waals surface area contributed by atoms with Gasteiger partial charge >= 0.3 is 0 Å². The first-order valence-corrected chi connectivity index (χ1v) is 47.3. The zero-order valence-corrected chi connectivity index (χ0v) is 75.6. The van der Waals surface area contributed by atoms with Gasteiger partial charge in [-0.2, -0.15) is 0 Å². The molecular formula is C132H90N6. The van der Waals surface area contributed by atoms with Crippen molar-refractivity contribution in [1.29, 1.82) is 0 Å². The third kappa shape index (κ3) is 15.0. The Morgan fingerprint density at radius 1 is 0.116 bits per heavy atom. The fraction of sp³-hybridized carbons (Fsp3) is 0. The molecule has 0 amide bonds. The van der Waals surface area contributed by atoms with E-state index < -0.39 is 0 Å². The fourth-order valence-electron chi connectivity index (χ4n) is 21.0. The van der Waals surface area contributed by atoms with Crippen molar-refractivity contribution < 1.29 is 0 Å². The maximum atomic E-state index is 2.41. The molecule has 0 aliphatic carbocycles. The molecule has 6 heteroatoms. The van der Waals surface area contributed by atoms with Gasteiger partial charge in [-0.1, -0.05) is 358 Å². The van der Waals surface area contributed by atoms with Gasteiger partial charge in [0.15, 0.2) is 0 Å². The van der Waals surface area contributed by atoms with E-state index in [4.69, 9.17) is 0 Å². The summed E-state index contributed by atoms with van der Waals surface area (Å²) in [7, 11) is 0. The molecule has 0 aliphatic heterocycles. The number of anilines is 9. The molecule has 0 saturated heterocycles. The molecule has 0 fully saturated rings. The van der Waals surface area contributed by atoms with Gasteiger partial charge in [0.25, 0.3) is 0 Å². The van der Waals surface area contributed by atoms with Crippen LogP contribution in [0.2, 0.25) is 0 Å². The third-order valence-corrected chi connectivity index (χ3v) is 27.4. The quantitative estimate of drug-likeness (QED) is 0.102. The van der Waals surface area contributed by atoms with Crippen molar-refractivity contribution in [1.82, 2.24) is 13.7 Å². The number of aromatic nitrogens is 3. The number of benzene rings is 24. The van der Waals surface area contributed by atoms with Gasteiger partial charge in [-0.25, -0.2) is 0 Å². The summed E-state index contributed by atoms with van der Waals surface area (Å²) in [6.45, 7) is 0. The van der Waals surface area contributed by atoms with Crippen molar-refractivity contribution in [3.8, 4) is 50.4 Å². The predicted octanol–water partition coefficient (Wildman–Crippen LogP) is 36.7. The minimum absolute atomic E-state index is 1.10. The van der Waals surface area contributed by atoms with E-state index in [9.17, 15) is 0 Å². The molecule has 27 aromatic rings. The number of hydrogen-bond donors (Lipinski definition) is 0. The Bertz CT molecular complexity index is 9300. The van der Waals surface area contributed by atoms with E-state index in [2.05, 4.69) is 574 Å².